The number of ether oxygens (including phenoxy) is 2. The second kappa shape index (κ2) is 14.5. The van der Waals surface area contributed by atoms with Gasteiger partial charge in [0.1, 0.15) is 17.8 Å². The highest BCUT2D eigenvalue weighted by molar-refractivity contribution is 8.14. The lowest BCUT2D eigenvalue weighted by Gasteiger charge is -2.37. The van der Waals surface area contributed by atoms with Gasteiger partial charge in [-0.1, -0.05) is 62.4 Å². The van der Waals surface area contributed by atoms with E-state index in [0.717, 1.165) is 54.0 Å². The summed E-state index contributed by atoms with van der Waals surface area (Å²) in [5.74, 6) is 2.26. The summed E-state index contributed by atoms with van der Waals surface area (Å²) < 4.78 is 48.5. The molecule has 2 aliphatic rings. The number of hydrogen-bond donors (Lipinski definition) is 1. The second-order valence-corrected chi connectivity index (χ2v) is 13.7. The van der Waals surface area contributed by atoms with Gasteiger partial charge in [0.15, 0.2) is 11.0 Å². The fraction of sp³-hybridized carbons (Fsp3) is 0.389. The molecule has 2 fully saturated rings. The molecular weight excluding hydrogens is 653 g/mol. The number of aliphatic imine (C=N–C) groups is 1. The molecule has 2 heterocycles. The molecule has 3 unspecified atom stereocenters. The molecule has 258 valence electrons. The number of rotatable bonds is 8. The van der Waals surface area contributed by atoms with Crippen molar-refractivity contribution in [2.45, 2.75) is 76.7 Å². The summed E-state index contributed by atoms with van der Waals surface area (Å²) in [5.41, 5.74) is 4.65. The third-order valence-corrected chi connectivity index (χ3v) is 9.96. The van der Waals surface area contributed by atoms with Gasteiger partial charge in [0, 0.05) is 35.4 Å². The van der Waals surface area contributed by atoms with Crippen LogP contribution in [-0.4, -0.2) is 57.3 Å². The summed E-state index contributed by atoms with van der Waals surface area (Å²) in [4.78, 5) is 24.7. The number of amides is 2. The van der Waals surface area contributed by atoms with E-state index in [2.05, 4.69) is 56.9 Å². The molecule has 0 spiro atoms. The number of benzene rings is 3. The number of hydrogen-bond acceptors (Lipinski definition) is 6. The molecule has 4 aromatic rings. The summed E-state index contributed by atoms with van der Waals surface area (Å²) in [6.45, 7) is 6.49. The first-order chi connectivity index (χ1) is 23.5. The lowest BCUT2D eigenvalue weighted by Crippen LogP contribution is -2.43. The molecule has 9 nitrogen and oxygen atoms in total. The Morgan fingerprint density at radius 3 is 2.45 bits per heavy atom. The number of carbonyl (C=O) groups is 1. The highest BCUT2D eigenvalue weighted by atomic mass is 32.2. The topological polar surface area (TPSA) is 93.9 Å². The van der Waals surface area contributed by atoms with Crippen LogP contribution in [0.5, 0.6) is 11.5 Å². The van der Waals surface area contributed by atoms with Crippen molar-refractivity contribution in [1.29, 1.82) is 0 Å². The van der Waals surface area contributed by atoms with Crippen molar-refractivity contribution in [3.05, 3.63) is 84.2 Å². The molecule has 6 rings (SSSR count). The number of methoxy groups -OCH3 is 1. The van der Waals surface area contributed by atoms with Crippen LogP contribution in [0.2, 0.25) is 0 Å². The predicted octanol–water partition coefficient (Wildman–Crippen LogP) is 8.70. The molecule has 49 heavy (non-hydrogen) atoms. The average Bonchev–Trinajstić information content (AvgIpc) is 3.75. The number of amidine groups is 1. The molecule has 1 saturated carbocycles. The summed E-state index contributed by atoms with van der Waals surface area (Å²) in [5, 5.41) is 8.42. The molecule has 1 aliphatic heterocycles. The summed E-state index contributed by atoms with van der Waals surface area (Å²) in [7, 11) is 1.66. The van der Waals surface area contributed by atoms with Gasteiger partial charge in [-0.05, 0) is 73.6 Å². The smallest absolute Gasteiger partial charge is 0.497 e. The largest absolute Gasteiger partial charge is 0.573 e. The van der Waals surface area contributed by atoms with Crippen LogP contribution in [0.4, 0.5) is 23.7 Å². The van der Waals surface area contributed by atoms with Crippen molar-refractivity contribution in [2.24, 2.45) is 4.99 Å². The van der Waals surface area contributed by atoms with Gasteiger partial charge in [-0.25, -0.2) is 14.5 Å². The van der Waals surface area contributed by atoms with E-state index in [1.807, 2.05) is 36.4 Å². The Morgan fingerprint density at radius 2 is 1.76 bits per heavy atom. The van der Waals surface area contributed by atoms with Crippen LogP contribution in [0.1, 0.15) is 69.4 Å². The van der Waals surface area contributed by atoms with Gasteiger partial charge in [-0.3, -0.25) is 0 Å². The number of anilines is 1. The first kappa shape index (κ1) is 34.3. The third-order valence-electron chi connectivity index (χ3n) is 8.98. The van der Waals surface area contributed by atoms with Crippen LogP contribution < -0.4 is 19.7 Å². The van der Waals surface area contributed by atoms with Gasteiger partial charge >= 0.3 is 12.4 Å². The Kier molecular flexibility index (Phi) is 10.2. The van der Waals surface area contributed by atoms with Crippen LogP contribution in [-0.2, 0) is 0 Å². The molecule has 1 aromatic heterocycles. The normalized spacial score (nSPS) is 20.5. The second-order valence-electron chi connectivity index (χ2n) is 12.6. The number of carbonyl (C=O) groups excluding carboxylic acids is 1. The zero-order chi connectivity index (χ0) is 34.7. The van der Waals surface area contributed by atoms with Gasteiger partial charge in [0.25, 0.3) is 0 Å². The maximum atomic E-state index is 13.5. The third kappa shape index (κ3) is 8.04. The van der Waals surface area contributed by atoms with E-state index in [1.165, 1.54) is 40.8 Å². The van der Waals surface area contributed by atoms with Gasteiger partial charge < -0.3 is 19.7 Å². The van der Waals surface area contributed by atoms with Crippen LogP contribution in [0.15, 0.2) is 78.0 Å². The van der Waals surface area contributed by atoms with E-state index in [9.17, 15) is 18.0 Å². The lowest BCUT2D eigenvalue weighted by atomic mass is 9.93. The Morgan fingerprint density at radius 1 is 1.02 bits per heavy atom. The Hall–Kier alpha value is -4.52. The highest BCUT2D eigenvalue weighted by Gasteiger charge is 2.33. The number of thioether (sulfide) groups is 1. The van der Waals surface area contributed by atoms with Crippen molar-refractivity contribution in [3.8, 4) is 28.6 Å². The maximum Gasteiger partial charge on any atom is 0.573 e. The Bertz CT molecular complexity index is 1790. The molecule has 3 aromatic carbocycles. The van der Waals surface area contributed by atoms with Crippen LogP contribution in [0.3, 0.4) is 0 Å². The SMILES string of the molecule is COc1ccc(C(C)C)c(N2/C(=N/C(=O)NC3CCCC3c3ccc(-c4ncn(-c5ccc(OC(F)(F)F)cc5)n4)cc3)SCCC2C)c1. The molecule has 1 N–H and O–H groups in total. The number of alkyl halides is 3. The molecule has 3 atom stereocenters. The molecule has 0 bridgehead atoms. The predicted molar refractivity (Wildman–Crippen MR) is 186 cm³/mol. The fourth-order valence-corrected chi connectivity index (χ4v) is 7.70. The van der Waals surface area contributed by atoms with Crippen molar-refractivity contribution < 1.29 is 27.4 Å². The minimum atomic E-state index is -4.75. The standard InChI is InChI=1S/C36H39F3N6O3S/c1-22(2)29-17-16-28(47-4)20-32(29)45-23(3)18-19-49-35(45)42-34(46)41-31-7-5-6-30(31)24-8-10-25(11-9-24)33-40-21-44(43-33)26-12-14-27(15-13-26)48-36(37,38)39/h8-17,20-23,30-31H,5-7,18-19H2,1-4H3,(H,41,46)/b42-35-. The maximum absolute atomic E-state index is 13.5. The van der Waals surface area contributed by atoms with E-state index in [4.69, 9.17) is 4.74 Å². The lowest BCUT2D eigenvalue weighted by molar-refractivity contribution is -0.274. The molecule has 13 heteroatoms. The van der Waals surface area contributed by atoms with Gasteiger partial charge in [0.05, 0.1) is 18.5 Å². The van der Waals surface area contributed by atoms with Crippen LogP contribution in [0.25, 0.3) is 17.1 Å². The van der Waals surface area contributed by atoms with Crippen LogP contribution in [0, 0.1) is 0 Å². The van der Waals surface area contributed by atoms with E-state index >= 15 is 0 Å². The van der Waals surface area contributed by atoms with Crippen molar-refractivity contribution in [1.82, 2.24) is 20.1 Å². The highest BCUT2D eigenvalue weighted by Crippen LogP contribution is 2.38. The minimum Gasteiger partial charge on any atom is -0.497 e. The minimum absolute atomic E-state index is 0.0492. The molecular formula is C36H39F3N6O3S. The first-order valence-electron chi connectivity index (χ1n) is 16.4. The van der Waals surface area contributed by atoms with E-state index < -0.39 is 6.36 Å². The number of urea groups is 1. The quantitative estimate of drug-likeness (QED) is 0.198. The summed E-state index contributed by atoms with van der Waals surface area (Å²) in [6.07, 6.45) is 0.537. The van der Waals surface area contributed by atoms with Crippen molar-refractivity contribution in [2.75, 3.05) is 17.8 Å². The van der Waals surface area contributed by atoms with Crippen molar-refractivity contribution >= 4 is 28.6 Å². The monoisotopic (exact) mass is 692 g/mol. The van der Waals surface area contributed by atoms with Crippen LogP contribution >= 0.6 is 11.8 Å². The Balaban J connectivity index is 1.14. The molecule has 2 amide bonds. The van der Waals surface area contributed by atoms with Gasteiger partial charge in [-0.2, -0.15) is 4.99 Å². The van der Waals surface area contributed by atoms with Crippen molar-refractivity contribution in [3.63, 3.8) is 0 Å². The first-order valence-corrected chi connectivity index (χ1v) is 17.3. The number of aromatic nitrogens is 3. The zero-order valence-electron chi connectivity index (χ0n) is 27.8. The number of nitrogens with one attached hydrogen (secondary N) is 1. The molecule has 0 radical (unpaired) electrons. The summed E-state index contributed by atoms with van der Waals surface area (Å²) in [6, 6.07) is 19.3. The van der Waals surface area contributed by atoms with E-state index in [1.54, 1.807) is 18.9 Å². The van der Waals surface area contributed by atoms with Gasteiger partial charge in [-0.15, -0.1) is 18.3 Å². The number of halogens is 3. The molecule has 1 aliphatic carbocycles. The number of nitrogens with zero attached hydrogens (tertiary/aromatic N) is 5. The van der Waals surface area contributed by atoms with E-state index in [-0.39, 0.29) is 35.7 Å². The zero-order valence-corrected chi connectivity index (χ0v) is 28.6. The fourth-order valence-electron chi connectivity index (χ4n) is 6.49. The van der Waals surface area contributed by atoms with E-state index in [0.29, 0.717) is 16.7 Å². The average molecular weight is 693 g/mol. The van der Waals surface area contributed by atoms with Gasteiger partial charge in [0.2, 0.25) is 0 Å². The summed E-state index contributed by atoms with van der Waals surface area (Å²) >= 11 is 1.60. The molecule has 1 saturated heterocycles. The Labute approximate surface area is 287 Å².